The first-order valence-electron chi connectivity index (χ1n) is 8.79. The fourth-order valence-corrected chi connectivity index (χ4v) is 4.88. The Hall–Kier alpha value is -2.81. The van der Waals surface area contributed by atoms with Crippen molar-refractivity contribution in [3.8, 4) is 5.75 Å². The van der Waals surface area contributed by atoms with Crippen LogP contribution in [-0.2, 0) is 10.0 Å². The van der Waals surface area contributed by atoms with Crippen LogP contribution in [-0.4, -0.2) is 34.0 Å². The Morgan fingerprint density at radius 2 is 1.39 bits per heavy atom. The van der Waals surface area contributed by atoms with E-state index < -0.39 is 16.6 Å². The maximum absolute atomic E-state index is 12.2. The summed E-state index contributed by atoms with van der Waals surface area (Å²) in [6.07, 6.45) is 4.45. The molecule has 0 radical (unpaired) electrons. The van der Waals surface area contributed by atoms with Crippen LogP contribution in [0.1, 0.15) is 6.42 Å². The lowest BCUT2D eigenvalue weighted by Gasteiger charge is -2.23. The van der Waals surface area contributed by atoms with E-state index in [9.17, 15) is 17.2 Å². The first-order chi connectivity index (χ1) is 13.4. The SMILES string of the molecule is O=S1(=O)CCCN1c1ccc(N2C=CN(c3ccc(OC(F)F)cc3)C2)cc1. The van der Waals surface area contributed by atoms with E-state index in [1.54, 1.807) is 12.1 Å². The summed E-state index contributed by atoms with van der Waals surface area (Å²) in [5.41, 5.74) is 2.45. The summed E-state index contributed by atoms with van der Waals surface area (Å²) in [5.74, 6) is 0.311. The number of alkyl halides is 2. The minimum atomic E-state index is -3.19. The van der Waals surface area contributed by atoms with Crippen molar-refractivity contribution in [2.45, 2.75) is 13.0 Å². The fourth-order valence-electron chi connectivity index (χ4n) is 3.31. The molecule has 28 heavy (non-hydrogen) atoms. The number of sulfonamides is 1. The third-order valence-corrected chi connectivity index (χ3v) is 6.56. The van der Waals surface area contributed by atoms with Gasteiger partial charge < -0.3 is 14.5 Å². The van der Waals surface area contributed by atoms with Gasteiger partial charge in [0.15, 0.2) is 0 Å². The van der Waals surface area contributed by atoms with Crippen LogP contribution in [0.5, 0.6) is 5.75 Å². The van der Waals surface area contributed by atoms with Crippen molar-refractivity contribution in [1.29, 1.82) is 0 Å². The van der Waals surface area contributed by atoms with Gasteiger partial charge in [0, 0.05) is 30.3 Å². The molecule has 0 unspecified atom stereocenters. The van der Waals surface area contributed by atoms with E-state index in [4.69, 9.17) is 0 Å². The Morgan fingerprint density at radius 3 is 1.89 bits per heavy atom. The summed E-state index contributed by atoms with van der Waals surface area (Å²) >= 11 is 0. The van der Waals surface area contributed by atoms with Gasteiger partial charge in [0.25, 0.3) is 0 Å². The van der Waals surface area contributed by atoms with Crippen LogP contribution in [0, 0.1) is 0 Å². The second-order valence-corrected chi connectivity index (χ2v) is 8.52. The Kier molecular flexibility index (Phi) is 4.84. The molecule has 2 aromatic carbocycles. The van der Waals surface area contributed by atoms with Crippen LogP contribution >= 0.6 is 0 Å². The number of nitrogens with zero attached hydrogens (tertiary/aromatic N) is 3. The molecule has 4 rings (SSSR count). The van der Waals surface area contributed by atoms with E-state index >= 15 is 0 Å². The lowest BCUT2D eigenvalue weighted by Crippen LogP contribution is -2.26. The molecule has 0 aliphatic carbocycles. The first kappa shape index (κ1) is 18.5. The highest BCUT2D eigenvalue weighted by Gasteiger charge is 2.28. The smallest absolute Gasteiger partial charge is 0.387 e. The lowest BCUT2D eigenvalue weighted by atomic mass is 10.2. The zero-order valence-electron chi connectivity index (χ0n) is 14.9. The number of anilines is 3. The molecule has 1 fully saturated rings. The van der Waals surface area contributed by atoms with Gasteiger partial charge in [-0.15, -0.1) is 0 Å². The van der Waals surface area contributed by atoms with Crippen molar-refractivity contribution in [1.82, 2.24) is 0 Å². The Balaban J connectivity index is 1.42. The molecule has 2 aromatic rings. The molecule has 6 nitrogen and oxygen atoms in total. The lowest BCUT2D eigenvalue weighted by molar-refractivity contribution is -0.0498. The largest absolute Gasteiger partial charge is 0.435 e. The van der Waals surface area contributed by atoms with E-state index in [1.807, 2.05) is 46.5 Å². The molecule has 0 aromatic heterocycles. The topological polar surface area (TPSA) is 53.1 Å². The van der Waals surface area contributed by atoms with Crippen LogP contribution in [0.2, 0.25) is 0 Å². The van der Waals surface area contributed by atoms with Gasteiger partial charge >= 0.3 is 6.61 Å². The summed E-state index contributed by atoms with van der Waals surface area (Å²) < 4.78 is 54.4. The second-order valence-electron chi connectivity index (χ2n) is 6.51. The zero-order chi connectivity index (χ0) is 19.7. The molecule has 148 valence electrons. The summed E-state index contributed by atoms with van der Waals surface area (Å²) in [6, 6.07) is 13.8. The molecule has 0 saturated carbocycles. The third-order valence-electron chi connectivity index (χ3n) is 4.69. The van der Waals surface area contributed by atoms with Gasteiger partial charge in [0.2, 0.25) is 10.0 Å². The van der Waals surface area contributed by atoms with Gasteiger partial charge in [-0.3, -0.25) is 4.31 Å². The summed E-state index contributed by atoms with van der Waals surface area (Å²) in [6.45, 7) is -1.77. The van der Waals surface area contributed by atoms with Crippen LogP contribution in [0.3, 0.4) is 0 Å². The Bertz CT molecular complexity index is 963. The predicted molar refractivity (Wildman–Crippen MR) is 104 cm³/mol. The predicted octanol–water partition coefficient (Wildman–Crippen LogP) is 3.58. The van der Waals surface area contributed by atoms with Gasteiger partial charge in [-0.25, -0.2) is 8.42 Å². The highest BCUT2D eigenvalue weighted by atomic mass is 32.2. The number of benzene rings is 2. The number of halogens is 2. The zero-order valence-corrected chi connectivity index (χ0v) is 15.7. The average molecular weight is 407 g/mol. The fraction of sp³-hybridized carbons (Fsp3) is 0.263. The minimum absolute atomic E-state index is 0.117. The van der Waals surface area contributed by atoms with Crippen molar-refractivity contribution in [3.63, 3.8) is 0 Å². The van der Waals surface area contributed by atoms with Crippen molar-refractivity contribution in [2.75, 3.05) is 33.1 Å². The normalized spacial score (nSPS) is 18.3. The minimum Gasteiger partial charge on any atom is -0.435 e. The van der Waals surface area contributed by atoms with Crippen molar-refractivity contribution >= 4 is 27.1 Å². The maximum Gasteiger partial charge on any atom is 0.387 e. The summed E-state index contributed by atoms with van der Waals surface area (Å²) in [7, 11) is -3.19. The first-order valence-corrected chi connectivity index (χ1v) is 10.4. The average Bonchev–Trinajstić information content (AvgIpc) is 3.28. The van der Waals surface area contributed by atoms with E-state index in [-0.39, 0.29) is 11.5 Å². The molecular formula is C19H19F2N3O3S. The van der Waals surface area contributed by atoms with E-state index in [1.165, 1.54) is 16.4 Å². The van der Waals surface area contributed by atoms with Crippen molar-refractivity contribution < 1.29 is 21.9 Å². The number of ether oxygens (including phenoxy) is 1. The van der Waals surface area contributed by atoms with Crippen LogP contribution in [0.25, 0.3) is 0 Å². The van der Waals surface area contributed by atoms with Gasteiger partial charge in [-0.05, 0) is 55.0 Å². The Morgan fingerprint density at radius 1 is 0.857 bits per heavy atom. The van der Waals surface area contributed by atoms with Crippen LogP contribution in [0.15, 0.2) is 60.9 Å². The Labute approximate surface area is 162 Å². The third kappa shape index (κ3) is 3.75. The highest BCUT2D eigenvalue weighted by molar-refractivity contribution is 7.93. The molecule has 2 aliphatic rings. The summed E-state index contributed by atoms with van der Waals surface area (Å²) in [4.78, 5) is 3.97. The molecule has 0 N–H and O–H groups in total. The van der Waals surface area contributed by atoms with Crippen LogP contribution < -0.4 is 18.8 Å². The number of hydrogen-bond donors (Lipinski definition) is 0. The van der Waals surface area contributed by atoms with E-state index in [2.05, 4.69) is 4.74 Å². The molecule has 2 heterocycles. The molecule has 0 amide bonds. The standard InChI is InChI=1S/C19H19F2N3O3S/c20-19(21)27-18-8-6-16(7-9-18)23-12-11-22(14-23)15-2-4-17(5-3-15)24-10-1-13-28(24,25)26/h2-9,11-12,19H,1,10,13-14H2. The van der Waals surface area contributed by atoms with E-state index in [0.717, 1.165) is 11.4 Å². The molecule has 0 atom stereocenters. The van der Waals surface area contributed by atoms with Gasteiger partial charge in [-0.2, -0.15) is 8.78 Å². The van der Waals surface area contributed by atoms with Crippen molar-refractivity contribution in [2.24, 2.45) is 0 Å². The molecule has 2 aliphatic heterocycles. The van der Waals surface area contributed by atoms with Gasteiger partial charge in [0.1, 0.15) is 5.75 Å². The van der Waals surface area contributed by atoms with Gasteiger partial charge in [0.05, 0.1) is 18.1 Å². The monoisotopic (exact) mass is 407 g/mol. The number of rotatable bonds is 5. The molecule has 1 saturated heterocycles. The van der Waals surface area contributed by atoms with Gasteiger partial charge in [-0.1, -0.05) is 0 Å². The maximum atomic E-state index is 12.2. The molecule has 9 heteroatoms. The van der Waals surface area contributed by atoms with Crippen molar-refractivity contribution in [3.05, 3.63) is 60.9 Å². The number of hydrogen-bond acceptors (Lipinski definition) is 5. The quantitative estimate of drug-likeness (QED) is 0.758. The molecule has 0 spiro atoms. The summed E-state index contributed by atoms with van der Waals surface area (Å²) in [5, 5.41) is 0. The second kappa shape index (κ2) is 7.31. The van der Waals surface area contributed by atoms with Crippen LogP contribution in [0.4, 0.5) is 25.8 Å². The van der Waals surface area contributed by atoms with E-state index in [0.29, 0.717) is 25.3 Å². The molecular weight excluding hydrogens is 388 g/mol. The molecule has 0 bridgehead atoms. The highest BCUT2D eigenvalue weighted by Crippen LogP contribution is 2.29.